The van der Waals surface area contributed by atoms with E-state index in [4.69, 9.17) is 9.47 Å². The van der Waals surface area contributed by atoms with Crippen molar-refractivity contribution in [2.45, 2.75) is 44.7 Å². The van der Waals surface area contributed by atoms with E-state index in [9.17, 15) is 0 Å². The van der Waals surface area contributed by atoms with Gasteiger partial charge in [0.05, 0.1) is 20.3 Å². The number of benzene rings is 1. The quantitative estimate of drug-likeness (QED) is 0.716. The van der Waals surface area contributed by atoms with Crippen LogP contribution in [0.5, 0.6) is 5.75 Å². The molecule has 2 aliphatic rings. The zero-order chi connectivity index (χ0) is 19.9. The maximum atomic E-state index is 5.41. The highest BCUT2D eigenvalue weighted by Crippen LogP contribution is 2.24. The maximum Gasteiger partial charge on any atom is 0.225 e. The van der Waals surface area contributed by atoms with Crippen LogP contribution < -0.4 is 9.64 Å². The molecule has 2 fully saturated rings. The fraction of sp³-hybridized carbons (Fsp3) is 0.565. The lowest BCUT2D eigenvalue weighted by Gasteiger charge is -2.36. The Kier molecular flexibility index (Phi) is 6.96. The maximum absolute atomic E-state index is 5.41. The van der Waals surface area contributed by atoms with Crippen LogP contribution in [0.4, 0.5) is 5.95 Å². The van der Waals surface area contributed by atoms with Gasteiger partial charge in [0.15, 0.2) is 0 Å². The second-order valence-electron chi connectivity index (χ2n) is 8.00. The van der Waals surface area contributed by atoms with Crippen molar-refractivity contribution < 1.29 is 9.47 Å². The van der Waals surface area contributed by atoms with Crippen molar-refractivity contribution in [3.63, 3.8) is 0 Å². The van der Waals surface area contributed by atoms with E-state index in [1.165, 1.54) is 43.4 Å². The van der Waals surface area contributed by atoms with Gasteiger partial charge in [0.1, 0.15) is 5.75 Å². The molecular formula is C23H32N4O2. The van der Waals surface area contributed by atoms with Gasteiger partial charge >= 0.3 is 0 Å². The van der Waals surface area contributed by atoms with Gasteiger partial charge in [-0.15, -0.1) is 0 Å². The fourth-order valence-corrected chi connectivity index (χ4v) is 4.31. The van der Waals surface area contributed by atoms with Crippen LogP contribution in [0.15, 0.2) is 36.7 Å². The smallest absolute Gasteiger partial charge is 0.225 e. The van der Waals surface area contributed by atoms with Gasteiger partial charge in [-0.25, -0.2) is 9.97 Å². The number of rotatable bonds is 7. The molecule has 0 N–H and O–H groups in total. The number of hydrogen-bond donors (Lipinski definition) is 0. The number of ether oxygens (including phenoxy) is 2. The minimum absolute atomic E-state index is 0.629. The molecule has 0 saturated carbocycles. The second kappa shape index (κ2) is 10.0. The lowest BCUT2D eigenvalue weighted by molar-refractivity contribution is 0.122. The Balaban J connectivity index is 1.33. The number of likely N-dealkylation sites (tertiary alicyclic amines) is 1. The van der Waals surface area contributed by atoms with Gasteiger partial charge in [0, 0.05) is 43.6 Å². The van der Waals surface area contributed by atoms with Crippen molar-refractivity contribution >= 4 is 5.95 Å². The highest BCUT2D eigenvalue weighted by Gasteiger charge is 2.22. The molecule has 0 aliphatic carbocycles. The zero-order valence-electron chi connectivity index (χ0n) is 17.4. The molecular weight excluding hydrogens is 364 g/mol. The summed E-state index contributed by atoms with van der Waals surface area (Å²) in [6, 6.07) is 9.11. The van der Waals surface area contributed by atoms with E-state index in [2.05, 4.69) is 44.0 Å². The Morgan fingerprint density at radius 1 is 1.00 bits per heavy atom. The molecule has 0 spiro atoms. The van der Waals surface area contributed by atoms with E-state index in [-0.39, 0.29) is 0 Å². The number of aromatic nitrogens is 2. The molecule has 0 unspecified atom stereocenters. The predicted octanol–water partition coefficient (Wildman–Crippen LogP) is 3.31. The summed E-state index contributed by atoms with van der Waals surface area (Å²) in [6.45, 7) is 5.37. The molecule has 4 rings (SSSR count). The highest BCUT2D eigenvalue weighted by molar-refractivity contribution is 5.30. The van der Waals surface area contributed by atoms with Crippen LogP contribution >= 0.6 is 0 Å². The molecule has 0 radical (unpaired) electrons. The van der Waals surface area contributed by atoms with Crippen LogP contribution in [-0.2, 0) is 17.7 Å². The second-order valence-corrected chi connectivity index (χ2v) is 8.00. The number of piperidine rings is 1. The highest BCUT2D eigenvalue weighted by atomic mass is 16.5. The van der Waals surface area contributed by atoms with Crippen LogP contribution in [0, 0.1) is 0 Å². The Hall–Kier alpha value is -2.18. The van der Waals surface area contributed by atoms with Crippen LogP contribution in [-0.4, -0.2) is 60.9 Å². The summed E-state index contributed by atoms with van der Waals surface area (Å²) >= 11 is 0. The summed E-state index contributed by atoms with van der Waals surface area (Å²) in [5, 5.41) is 0. The van der Waals surface area contributed by atoms with E-state index in [1.54, 1.807) is 7.11 Å². The third-order valence-corrected chi connectivity index (χ3v) is 6.05. The van der Waals surface area contributed by atoms with E-state index >= 15 is 0 Å². The lowest BCUT2D eigenvalue weighted by Crippen LogP contribution is -2.39. The van der Waals surface area contributed by atoms with E-state index in [0.717, 1.165) is 51.0 Å². The average Bonchev–Trinajstić information content (AvgIpc) is 2.80. The third-order valence-electron chi connectivity index (χ3n) is 6.05. The van der Waals surface area contributed by atoms with Crippen molar-refractivity contribution in [1.82, 2.24) is 14.9 Å². The first-order valence-corrected chi connectivity index (χ1v) is 10.8. The minimum atomic E-state index is 0.629. The number of hydrogen-bond acceptors (Lipinski definition) is 6. The van der Waals surface area contributed by atoms with Gasteiger partial charge in [0.25, 0.3) is 0 Å². The predicted molar refractivity (Wildman–Crippen MR) is 114 cm³/mol. The zero-order valence-corrected chi connectivity index (χ0v) is 17.4. The van der Waals surface area contributed by atoms with Gasteiger partial charge in [-0.1, -0.05) is 18.6 Å². The van der Waals surface area contributed by atoms with Crippen LogP contribution in [0.2, 0.25) is 0 Å². The number of anilines is 1. The standard InChI is InChI=1S/C23H32N4O2/c1-28-22-9-6-19(7-10-22)5-8-21-4-2-3-11-27(21)18-20-16-24-23(25-17-20)26-12-14-29-15-13-26/h6-7,9-10,16-17,21H,2-5,8,11-15,18H2,1H3/t21-/m0/s1. The first-order chi connectivity index (χ1) is 14.3. The molecule has 0 bridgehead atoms. The number of methoxy groups -OCH3 is 1. The molecule has 29 heavy (non-hydrogen) atoms. The largest absolute Gasteiger partial charge is 0.497 e. The van der Waals surface area contributed by atoms with Crippen LogP contribution in [0.1, 0.15) is 36.8 Å². The van der Waals surface area contributed by atoms with E-state index < -0.39 is 0 Å². The normalized spacial score (nSPS) is 20.6. The summed E-state index contributed by atoms with van der Waals surface area (Å²) in [5.41, 5.74) is 2.59. The molecule has 6 heteroatoms. The molecule has 156 valence electrons. The van der Waals surface area contributed by atoms with Crippen molar-refractivity contribution in [3.05, 3.63) is 47.8 Å². The van der Waals surface area contributed by atoms with Crippen molar-refractivity contribution in [2.24, 2.45) is 0 Å². The van der Waals surface area contributed by atoms with Crippen LogP contribution in [0.3, 0.4) is 0 Å². The van der Waals surface area contributed by atoms with E-state index in [0.29, 0.717) is 6.04 Å². The number of nitrogens with zero attached hydrogens (tertiary/aromatic N) is 4. The van der Waals surface area contributed by atoms with Gasteiger partial charge in [0.2, 0.25) is 5.95 Å². The number of aryl methyl sites for hydroxylation is 1. The first-order valence-electron chi connectivity index (χ1n) is 10.8. The number of morpholine rings is 1. The summed E-state index contributed by atoms with van der Waals surface area (Å²) in [6.07, 6.45) is 10.2. The summed E-state index contributed by atoms with van der Waals surface area (Å²) < 4.78 is 10.7. The third kappa shape index (κ3) is 5.46. The fourth-order valence-electron chi connectivity index (χ4n) is 4.31. The molecule has 0 amide bonds. The van der Waals surface area contributed by atoms with Crippen LogP contribution in [0.25, 0.3) is 0 Å². The molecule has 2 saturated heterocycles. The SMILES string of the molecule is COc1ccc(CC[C@@H]2CCCCN2Cc2cnc(N3CCOCC3)nc2)cc1. The van der Waals surface area contributed by atoms with Crippen molar-refractivity contribution in [2.75, 3.05) is 44.9 Å². The Labute approximate surface area is 173 Å². The molecule has 1 atom stereocenters. The molecule has 6 nitrogen and oxygen atoms in total. The van der Waals surface area contributed by atoms with Crippen molar-refractivity contribution in [3.8, 4) is 5.75 Å². The first kappa shape index (κ1) is 20.1. The van der Waals surface area contributed by atoms with Gasteiger partial charge < -0.3 is 14.4 Å². The Morgan fingerprint density at radius 3 is 2.48 bits per heavy atom. The summed E-state index contributed by atoms with van der Waals surface area (Å²) in [5.74, 6) is 1.75. The van der Waals surface area contributed by atoms with Gasteiger partial charge in [-0.3, -0.25) is 4.90 Å². The topological polar surface area (TPSA) is 50.7 Å². The molecule has 1 aromatic heterocycles. The molecule has 2 aromatic rings. The summed E-state index contributed by atoms with van der Waals surface area (Å²) in [4.78, 5) is 14.1. The molecule has 3 heterocycles. The van der Waals surface area contributed by atoms with Crippen molar-refractivity contribution in [1.29, 1.82) is 0 Å². The van der Waals surface area contributed by atoms with Gasteiger partial charge in [-0.2, -0.15) is 0 Å². The Bertz CT molecular complexity index is 744. The Morgan fingerprint density at radius 2 is 1.76 bits per heavy atom. The monoisotopic (exact) mass is 396 g/mol. The molecule has 2 aliphatic heterocycles. The van der Waals surface area contributed by atoms with Gasteiger partial charge in [-0.05, 0) is 49.9 Å². The van der Waals surface area contributed by atoms with E-state index in [1.807, 2.05) is 12.4 Å². The average molecular weight is 397 g/mol. The summed E-state index contributed by atoms with van der Waals surface area (Å²) in [7, 11) is 1.71. The molecule has 1 aromatic carbocycles. The lowest BCUT2D eigenvalue weighted by atomic mass is 9.95. The minimum Gasteiger partial charge on any atom is -0.497 e.